The Labute approximate surface area is 128 Å². The summed E-state index contributed by atoms with van der Waals surface area (Å²) in [7, 11) is 0. The summed E-state index contributed by atoms with van der Waals surface area (Å²) in [5, 5.41) is 15.1. The van der Waals surface area contributed by atoms with Gasteiger partial charge >= 0.3 is 0 Å². The summed E-state index contributed by atoms with van der Waals surface area (Å²) in [5.74, 6) is 0. The highest BCUT2D eigenvalue weighted by molar-refractivity contribution is 7.14. The molecule has 0 spiro atoms. The van der Waals surface area contributed by atoms with Gasteiger partial charge in [-0.05, 0) is 19.1 Å². The van der Waals surface area contributed by atoms with Crippen molar-refractivity contribution in [2.45, 2.75) is 33.4 Å². The van der Waals surface area contributed by atoms with Crippen molar-refractivity contribution in [3.05, 3.63) is 41.0 Å². The lowest BCUT2D eigenvalue weighted by molar-refractivity contribution is 0.585. The van der Waals surface area contributed by atoms with Gasteiger partial charge in [0, 0.05) is 29.2 Å². The molecule has 1 N–H and O–H groups in total. The molecule has 2 aromatic heterocycles. The van der Waals surface area contributed by atoms with Crippen molar-refractivity contribution in [2.75, 3.05) is 0 Å². The fourth-order valence-electron chi connectivity index (χ4n) is 2.21. The van der Waals surface area contributed by atoms with E-state index in [2.05, 4.69) is 46.5 Å². The third-order valence-corrected chi connectivity index (χ3v) is 4.16. The van der Waals surface area contributed by atoms with Crippen LogP contribution < -0.4 is 5.32 Å². The molecule has 0 radical (unpaired) electrons. The van der Waals surface area contributed by atoms with Crippen LogP contribution in [0.3, 0.4) is 0 Å². The molecule has 5 heteroatoms. The Hall–Kier alpha value is -1.85. The number of para-hydroxylation sites is 1. The minimum absolute atomic E-state index is 0.446. The second-order valence-corrected chi connectivity index (χ2v) is 6.43. The predicted molar refractivity (Wildman–Crippen MR) is 87.4 cm³/mol. The van der Waals surface area contributed by atoms with E-state index in [1.165, 1.54) is 0 Å². The zero-order valence-electron chi connectivity index (χ0n) is 12.4. The average molecular weight is 298 g/mol. The van der Waals surface area contributed by atoms with Crippen molar-refractivity contribution in [1.82, 2.24) is 20.5 Å². The SMILES string of the molecule is Cc1cc(-c2nnc(CNC(C)C)s2)c2ccccc2n1. The van der Waals surface area contributed by atoms with Crippen molar-refractivity contribution in [3.8, 4) is 10.6 Å². The van der Waals surface area contributed by atoms with E-state index in [1.807, 2.05) is 25.1 Å². The number of hydrogen-bond donors (Lipinski definition) is 1. The van der Waals surface area contributed by atoms with E-state index in [0.717, 1.165) is 38.7 Å². The van der Waals surface area contributed by atoms with Gasteiger partial charge in [0.05, 0.1) is 5.52 Å². The maximum absolute atomic E-state index is 4.57. The maximum atomic E-state index is 4.57. The lowest BCUT2D eigenvalue weighted by Crippen LogP contribution is -2.21. The summed E-state index contributed by atoms with van der Waals surface area (Å²) < 4.78 is 0. The Bertz CT molecular complexity index is 764. The molecule has 0 amide bonds. The molecule has 4 nitrogen and oxygen atoms in total. The van der Waals surface area contributed by atoms with Crippen LogP contribution in [0.4, 0.5) is 0 Å². The first-order chi connectivity index (χ1) is 10.1. The molecule has 0 unspecified atom stereocenters. The number of aryl methyl sites for hydroxylation is 1. The summed E-state index contributed by atoms with van der Waals surface area (Å²) in [6, 6.07) is 10.7. The second-order valence-electron chi connectivity index (χ2n) is 5.36. The first-order valence-electron chi connectivity index (χ1n) is 7.06. The van der Waals surface area contributed by atoms with Crippen molar-refractivity contribution in [2.24, 2.45) is 0 Å². The monoisotopic (exact) mass is 298 g/mol. The number of hydrogen-bond acceptors (Lipinski definition) is 5. The van der Waals surface area contributed by atoms with Gasteiger partial charge in [0.1, 0.15) is 10.0 Å². The van der Waals surface area contributed by atoms with Crippen molar-refractivity contribution in [1.29, 1.82) is 0 Å². The van der Waals surface area contributed by atoms with Gasteiger partial charge in [-0.1, -0.05) is 43.4 Å². The highest BCUT2D eigenvalue weighted by atomic mass is 32.1. The Balaban J connectivity index is 2.00. The Morgan fingerprint density at radius 2 is 2.00 bits per heavy atom. The molecule has 1 aromatic carbocycles. The molecule has 0 aliphatic heterocycles. The summed E-state index contributed by atoms with van der Waals surface area (Å²) in [4.78, 5) is 4.57. The molecule has 3 aromatic rings. The quantitative estimate of drug-likeness (QED) is 0.800. The molecular weight excluding hydrogens is 280 g/mol. The molecule has 108 valence electrons. The van der Waals surface area contributed by atoms with Crippen LogP contribution >= 0.6 is 11.3 Å². The fraction of sp³-hybridized carbons (Fsp3) is 0.312. The highest BCUT2D eigenvalue weighted by Crippen LogP contribution is 2.30. The fourth-order valence-corrected chi connectivity index (χ4v) is 3.03. The molecular formula is C16H18N4S. The molecule has 0 aliphatic carbocycles. The van der Waals surface area contributed by atoms with E-state index in [0.29, 0.717) is 6.04 Å². The van der Waals surface area contributed by atoms with Gasteiger partial charge in [0.25, 0.3) is 0 Å². The molecule has 2 heterocycles. The Morgan fingerprint density at radius 1 is 1.19 bits per heavy atom. The first kappa shape index (κ1) is 14.1. The Morgan fingerprint density at radius 3 is 2.81 bits per heavy atom. The van der Waals surface area contributed by atoms with E-state index in [9.17, 15) is 0 Å². The van der Waals surface area contributed by atoms with Gasteiger partial charge in [0.15, 0.2) is 0 Å². The highest BCUT2D eigenvalue weighted by Gasteiger charge is 2.11. The van der Waals surface area contributed by atoms with Gasteiger partial charge in [-0.2, -0.15) is 0 Å². The second kappa shape index (κ2) is 5.87. The molecule has 0 fully saturated rings. The number of nitrogens with one attached hydrogen (secondary N) is 1. The number of fused-ring (bicyclic) bond motifs is 1. The number of benzene rings is 1. The smallest absolute Gasteiger partial charge is 0.148 e. The van der Waals surface area contributed by atoms with Crippen LogP contribution in [0.2, 0.25) is 0 Å². The average Bonchev–Trinajstić information content (AvgIpc) is 2.93. The van der Waals surface area contributed by atoms with Gasteiger partial charge in [-0.3, -0.25) is 4.98 Å². The first-order valence-corrected chi connectivity index (χ1v) is 7.87. The number of aromatic nitrogens is 3. The zero-order valence-corrected chi connectivity index (χ0v) is 13.2. The van der Waals surface area contributed by atoms with Crippen molar-refractivity contribution >= 4 is 22.2 Å². The third kappa shape index (κ3) is 3.09. The van der Waals surface area contributed by atoms with Gasteiger partial charge in [0.2, 0.25) is 0 Å². The van der Waals surface area contributed by atoms with Crippen molar-refractivity contribution in [3.63, 3.8) is 0 Å². The van der Waals surface area contributed by atoms with Crippen LogP contribution in [0.25, 0.3) is 21.5 Å². The maximum Gasteiger partial charge on any atom is 0.148 e. The van der Waals surface area contributed by atoms with Crippen LogP contribution in [0.15, 0.2) is 30.3 Å². The lowest BCUT2D eigenvalue weighted by atomic mass is 10.1. The Kier molecular flexibility index (Phi) is 3.94. The number of nitrogens with zero attached hydrogens (tertiary/aromatic N) is 3. The zero-order chi connectivity index (χ0) is 14.8. The van der Waals surface area contributed by atoms with Crippen LogP contribution in [-0.2, 0) is 6.54 Å². The summed E-state index contributed by atoms with van der Waals surface area (Å²) in [5.41, 5.74) is 3.12. The van der Waals surface area contributed by atoms with E-state index < -0.39 is 0 Å². The molecule has 21 heavy (non-hydrogen) atoms. The largest absolute Gasteiger partial charge is 0.308 e. The standard InChI is InChI=1S/C16H18N4S/c1-10(2)17-9-15-19-20-16(21-15)13-8-11(3)18-14-7-5-4-6-12(13)14/h4-8,10,17H,9H2,1-3H3. The topological polar surface area (TPSA) is 50.7 Å². The van der Waals surface area contributed by atoms with E-state index >= 15 is 0 Å². The van der Waals surface area contributed by atoms with E-state index in [1.54, 1.807) is 11.3 Å². The van der Waals surface area contributed by atoms with Crippen molar-refractivity contribution < 1.29 is 0 Å². The van der Waals surface area contributed by atoms with E-state index in [4.69, 9.17) is 0 Å². The molecule has 0 aliphatic rings. The predicted octanol–water partition coefficient (Wildman–Crippen LogP) is 3.56. The molecule has 0 saturated heterocycles. The van der Waals surface area contributed by atoms with Crippen LogP contribution in [0.5, 0.6) is 0 Å². The van der Waals surface area contributed by atoms with Crippen LogP contribution in [0.1, 0.15) is 24.5 Å². The summed E-state index contributed by atoms with van der Waals surface area (Å²) >= 11 is 1.64. The molecule has 0 saturated carbocycles. The summed E-state index contributed by atoms with van der Waals surface area (Å²) in [6.45, 7) is 7.03. The normalized spacial score (nSPS) is 11.4. The van der Waals surface area contributed by atoms with Gasteiger partial charge < -0.3 is 5.32 Å². The third-order valence-electron chi connectivity index (χ3n) is 3.20. The molecule has 0 bridgehead atoms. The van der Waals surface area contributed by atoms with Gasteiger partial charge in [-0.15, -0.1) is 10.2 Å². The van der Waals surface area contributed by atoms with Crippen LogP contribution in [0, 0.1) is 6.92 Å². The summed E-state index contributed by atoms with van der Waals surface area (Å²) in [6.07, 6.45) is 0. The molecule has 0 atom stereocenters. The number of rotatable bonds is 4. The minimum Gasteiger partial charge on any atom is -0.308 e. The van der Waals surface area contributed by atoms with Crippen LogP contribution in [-0.4, -0.2) is 21.2 Å². The number of pyridine rings is 1. The minimum atomic E-state index is 0.446. The van der Waals surface area contributed by atoms with Gasteiger partial charge in [-0.25, -0.2) is 0 Å². The van der Waals surface area contributed by atoms with E-state index in [-0.39, 0.29) is 0 Å². The lowest BCUT2D eigenvalue weighted by Gasteiger charge is -2.05. The molecule has 3 rings (SSSR count).